The summed E-state index contributed by atoms with van der Waals surface area (Å²) in [5.74, 6) is 2.14. The van der Waals surface area contributed by atoms with Gasteiger partial charge in [0.25, 0.3) is 0 Å². The number of aromatic nitrogens is 2. The zero-order chi connectivity index (χ0) is 39.4. The van der Waals surface area contributed by atoms with Gasteiger partial charge in [-0.2, -0.15) is 0 Å². The molecule has 9 rings (SSSR count). The predicted molar refractivity (Wildman–Crippen MR) is 224 cm³/mol. The summed E-state index contributed by atoms with van der Waals surface area (Å²) in [4.78, 5) is 8.38. The highest BCUT2D eigenvalue weighted by Gasteiger charge is 2.21. The van der Waals surface area contributed by atoms with Gasteiger partial charge in [0, 0.05) is 52.1 Å². The van der Waals surface area contributed by atoms with Crippen LogP contribution in [0.15, 0.2) is 152 Å². The number of nitrogens with zero attached hydrogens (tertiary/aromatic N) is 4. The van der Waals surface area contributed by atoms with Gasteiger partial charge in [-0.3, -0.25) is 4.57 Å². The third-order valence-electron chi connectivity index (χ3n) is 10.4. The molecular formula is C49H42N4O. The lowest BCUT2D eigenvalue weighted by atomic mass is 9.90. The highest BCUT2D eigenvalue weighted by molar-refractivity contribution is 6.09. The number of aryl methyl sites for hydroxylation is 4. The molecule has 2 aromatic heterocycles. The van der Waals surface area contributed by atoms with Crippen LogP contribution in [0.2, 0.25) is 0 Å². The highest BCUT2D eigenvalue weighted by atomic mass is 16.5. The second kappa shape index (κ2) is 13.4. The molecule has 8 aromatic rings. The number of hydrogen-bond donors (Lipinski definition) is 0. The van der Waals surface area contributed by atoms with Crippen LogP contribution in [0.3, 0.4) is 0 Å². The van der Waals surface area contributed by atoms with Gasteiger partial charge in [-0.1, -0.05) is 83.9 Å². The van der Waals surface area contributed by atoms with Crippen molar-refractivity contribution in [3.05, 3.63) is 180 Å². The maximum Gasteiger partial charge on any atom is 0.138 e. The minimum absolute atomic E-state index is 0.190. The van der Waals surface area contributed by atoms with Gasteiger partial charge in [0.15, 0.2) is 0 Å². The molecule has 264 valence electrons. The Morgan fingerprint density at radius 2 is 1.33 bits per heavy atom. The molecule has 0 spiro atoms. The SMILES string of the molecule is [2H]C([2H])([2H])N1CN(c2cccc(Oc3ccc4c5ccccc5n(-c5cc(-c6ccccc6-c6c(C)cccc6C)ccn5)c4c3)c2)C=C1c1cc(C)cc(C)c1. The second-order valence-electron chi connectivity index (χ2n) is 14.3. The molecule has 0 fully saturated rings. The molecule has 0 aliphatic carbocycles. The number of fused-ring (bicyclic) bond motifs is 3. The van der Waals surface area contributed by atoms with Crippen LogP contribution in [0.4, 0.5) is 5.69 Å². The summed E-state index contributed by atoms with van der Waals surface area (Å²) in [5.41, 5.74) is 13.8. The lowest BCUT2D eigenvalue weighted by molar-refractivity contribution is 0.482. The third-order valence-corrected chi connectivity index (χ3v) is 10.4. The summed E-state index contributed by atoms with van der Waals surface area (Å²) >= 11 is 0. The maximum atomic E-state index is 8.32. The number of benzene rings is 6. The standard InChI is InChI=1S/C49H42N4O/c1-32-24-33(2)26-37(25-32)47-30-52(31-51(47)5)38-14-11-15-39(28-38)54-40-20-21-43-42-17-8-9-19-45(42)53(46(43)29-40)48-27-36(22-23-50-48)41-16-6-7-18-44(41)49-34(3)12-10-13-35(49)4/h6-30H,31H2,1-5H3/i5D3. The molecule has 54 heavy (non-hydrogen) atoms. The molecule has 5 nitrogen and oxygen atoms in total. The molecule has 0 radical (unpaired) electrons. The number of ether oxygens (including phenoxy) is 1. The molecular weight excluding hydrogens is 661 g/mol. The van der Waals surface area contributed by atoms with E-state index in [0.29, 0.717) is 17.2 Å². The van der Waals surface area contributed by atoms with Gasteiger partial charge in [0.05, 0.1) is 23.4 Å². The van der Waals surface area contributed by atoms with E-state index in [-0.39, 0.29) is 6.67 Å². The number of rotatable bonds is 7. The number of anilines is 1. The quantitative estimate of drug-likeness (QED) is 0.165. The Labute approximate surface area is 321 Å². The smallest absolute Gasteiger partial charge is 0.138 e. The largest absolute Gasteiger partial charge is 0.457 e. The number of para-hydroxylation sites is 1. The molecule has 5 heteroatoms. The summed E-state index contributed by atoms with van der Waals surface area (Å²) in [6.07, 6.45) is 3.82. The van der Waals surface area contributed by atoms with Crippen molar-refractivity contribution in [2.75, 3.05) is 18.5 Å². The average Bonchev–Trinajstić information content (AvgIpc) is 3.79. The van der Waals surface area contributed by atoms with E-state index in [9.17, 15) is 0 Å². The second-order valence-corrected chi connectivity index (χ2v) is 14.3. The minimum Gasteiger partial charge on any atom is -0.457 e. The minimum atomic E-state index is -2.31. The zero-order valence-electron chi connectivity index (χ0n) is 33.8. The molecule has 0 bridgehead atoms. The molecule has 1 aliphatic heterocycles. The molecule has 0 unspecified atom stereocenters. The third kappa shape index (κ3) is 5.98. The van der Waals surface area contributed by atoms with Gasteiger partial charge in [-0.15, -0.1) is 0 Å². The molecule has 0 N–H and O–H groups in total. The van der Waals surface area contributed by atoms with Crippen LogP contribution in [0, 0.1) is 27.7 Å². The number of pyridine rings is 1. The van der Waals surface area contributed by atoms with Gasteiger partial charge in [0.2, 0.25) is 0 Å². The molecule has 0 atom stereocenters. The van der Waals surface area contributed by atoms with Crippen molar-refractivity contribution in [3.8, 4) is 39.6 Å². The van der Waals surface area contributed by atoms with Gasteiger partial charge in [-0.05, 0) is 121 Å². The summed E-state index contributed by atoms with van der Waals surface area (Å²) in [5, 5.41) is 2.23. The van der Waals surface area contributed by atoms with Crippen LogP contribution in [0.25, 0.3) is 55.6 Å². The monoisotopic (exact) mass is 705 g/mol. The Kier molecular flexibility index (Phi) is 7.44. The lowest BCUT2D eigenvalue weighted by Crippen LogP contribution is -2.22. The van der Waals surface area contributed by atoms with E-state index in [0.717, 1.165) is 61.1 Å². The Bertz CT molecular complexity index is 2830. The molecule has 1 aliphatic rings. The molecule has 3 heterocycles. The topological polar surface area (TPSA) is 33.5 Å². The van der Waals surface area contributed by atoms with Gasteiger partial charge in [0.1, 0.15) is 17.3 Å². The number of hydrogen-bond acceptors (Lipinski definition) is 4. The van der Waals surface area contributed by atoms with Crippen LogP contribution in [-0.4, -0.2) is 28.1 Å². The molecule has 6 aromatic carbocycles. The molecule has 0 amide bonds. The summed E-state index contributed by atoms with van der Waals surface area (Å²) in [7, 11) is 0. The van der Waals surface area contributed by atoms with Crippen molar-refractivity contribution in [1.82, 2.24) is 14.5 Å². The van der Waals surface area contributed by atoms with Crippen molar-refractivity contribution in [2.45, 2.75) is 27.7 Å². The summed E-state index contributed by atoms with van der Waals surface area (Å²) in [6.45, 7) is 6.29. The fraction of sp³-hybridized carbons (Fsp3) is 0.122. The first kappa shape index (κ1) is 29.9. The Morgan fingerprint density at radius 3 is 2.15 bits per heavy atom. The zero-order valence-corrected chi connectivity index (χ0v) is 30.8. The van der Waals surface area contributed by atoms with Crippen molar-refractivity contribution >= 4 is 33.2 Å². The molecule has 0 saturated heterocycles. The Balaban J connectivity index is 1.09. The van der Waals surface area contributed by atoms with Crippen LogP contribution < -0.4 is 9.64 Å². The Hall–Kier alpha value is -6.59. The van der Waals surface area contributed by atoms with E-state index < -0.39 is 6.98 Å². The van der Waals surface area contributed by atoms with Crippen LogP contribution >= 0.6 is 0 Å². The Morgan fingerprint density at radius 1 is 0.611 bits per heavy atom. The molecule has 0 saturated carbocycles. The van der Waals surface area contributed by atoms with Crippen LogP contribution in [-0.2, 0) is 0 Å². The fourth-order valence-electron chi connectivity index (χ4n) is 8.02. The van der Waals surface area contributed by atoms with Gasteiger partial charge < -0.3 is 14.5 Å². The van der Waals surface area contributed by atoms with Crippen LogP contribution in [0.5, 0.6) is 11.5 Å². The lowest BCUT2D eigenvalue weighted by Gasteiger charge is -2.20. The average molecular weight is 706 g/mol. The van der Waals surface area contributed by atoms with E-state index in [1.54, 1.807) is 0 Å². The van der Waals surface area contributed by atoms with Gasteiger partial charge >= 0.3 is 0 Å². The van der Waals surface area contributed by atoms with Crippen molar-refractivity contribution < 1.29 is 8.85 Å². The fourth-order valence-corrected chi connectivity index (χ4v) is 8.02. The summed E-state index contributed by atoms with van der Waals surface area (Å²) in [6, 6.07) is 47.9. The van der Waals surface area contributed by atoms with Crippen molar-refractivity contribution in [1.29, 1.82) is 0 Å². The van der Waals surface area contributed by atoms with E-state index in [1.165, 1.54) is 27.2 Å². The van der Waals surface area contributed by atoms with Crippen LogP contribution in [0.1, 0.15) is 31.9 Å². The van der Waals surface area contributed by atoms with E-state index >= 15 is 0 Å². The van der Waals surface area contributed by atoms with Crippen molar-refractivity contribution in [3.63, 3.8) is 0 Å². The van der Waals surface area contributed by atoms with E-state index in [4.69, 9.17) is 13.8 Å². The van der Waals surface area contributed by atoms with Gasteiger partial charge in [-0.25, -0.2) is 4.98 Å². The highest BCUT2D eigenvalue weighted by Crippen LogP contribution is 2.39. The van der Waals surface area contributed by atoms with Crippen molar-refractivity contribution in [2.24, 2.45) is 0 Å². The first-order chi connectivity index (χ1) is 27.5. The first-order valence-corrected chi connectivity index (χ1v) is 18.3. The predicted octanol–water partition coefficient (Wildman–Crippen LogP) is 12.2. The van der Waals surface area contributed by atoms with E-state index in [2.05, 4.69) is 115 Å². The normalized spacial score (nSPS) is 13.9. The summed E-state index contributed by atoms with van der Waals surface area (Å²) < 4.78 is 33.8. The first-order valence-electron chi connectivity index (χ1n) is 19.8. The maximum absolute atomic E-state index is 8.32. The van der Waals surface area contributed by atoms with E-state index in [1.807, 2.05) is 73.6 Å².